The van der Waals surface area contributed by atoms with Gasteiger partial charge >= 0.3 is 0 Å². The Morgan fingerprint density at radius 3 is 2.09 bits per heavy atom. The molecule has 0 heterocycles. The van der Waals surface area contributed by atoms with Gasteiger partial charge in [-0.2, -0.15) is 0 Å². The molecule has 0 heteroatoms. The predicted octanol–water partition coefficient (Wildman–Crippen LogP) is 3.00. The molecule has 0 spiro atoms. The van der Waals surface area contributed by atoms with Crippen LogP contribution >= 0.6 is 0 Å². The van der Waals surface area contributed by atoms with Crippen molar-refractivity contribution in [2.45, 2.75) is 21.3 Å². The summed E-state index contributed by atoms with van der Waals surface area (Å²) in [5.41, 5.74) is 2.37. The summed E-state index contributed by atoms with van der Waals surface area (Å²) in [7, 11) is 0. The Hall–Kier alpha value is -1.22. The van der Waals surface area contributed by atoms with Crippen molar-refractivity contribution in [3.63, 3.8) is 0 Å². The summed E-state index contributed by atoms with van der Waals surface area (Å²) >= 11 is 0. The Bertz CT molecular complexity index is 256. The van der Waals surface area contributed by atoms with Gasteiger partial charge in [0, 0.05) is 5.56 Å². The Morgan fingerprint density at radius 2 is 1.64 bits per heavy atom. The van der Waals surface area contributed by atoms with E-state index in [2.05, 4.69) is 30.9 Å². The minimum absolute atomic E-state index is 0. The zero-order chi connectivity index (χ0) is 7.40. The average Bonchev–Trinajstić information content (AvgIpc) is 1.95. The molecule has 1 aromatic carbocycles. The molecule has 0 saturated heterocycles. The molecule has 0 amide bonds. The van der Waals surface area contributed by atoms with Gasteiger partial charge in [-0.25, -0.2) is 0 Å². The van der Waals surface area contributed by atoms with Crippen molar-refractivity contribution in [2.24, 2.45) is 0 Å². The average molecular weight is 146 g/mol. The first-order valence-electron chi connectivity index (χ1n) is 3.32. The second-order valence-corrected chi connectivity index (χ2v) is 2.24. The topological polar surface area (TPSA) is 0 Å². The van der Waals surface area contributed by atoms with E-state index in [9.17, 15) is 0 Å². The summed E-state index contributed by atoms with van der Waals surface area (Å²) in [6, 6.07) is 8.21. The van der Waals surface area contributed by atoms with Crippen LogP contribution in [0.1, 0.15) is 25.5 Å². The molecular weight excluding hydrogens is 132 g/mol. The molecule has 0 aliphatic heterocycles. The van der Waals surface area contributed by atoms with Crippen LogP contribution in [-0.4, -0.2) is 0 Å². The van der Waals surface area contributed by atoms with E-state index in [0.717, 1.165) is 5.56 Å². The quantitative estimate of drug-likeness (QED) is 0.493. The lowest BCUT2D eigenvalue weighted by Crippen LogP contribution is -1.73. The van der Waals surface area contributed by atoms with Crippen LogP contribution in [0, 0.1) is 18.8 Å². The van der Waals surface area contributed by atoms with Crippen LogP contribution in [0.15, 0.2) is 24.3 Å². The van der Waals surface area contributed by atoms with Gasteiger partial charge in [-0.15, -0.1) is 5.92 Å². The Morgan fingerprint density at radius 1 is 1.09 bits per heavy atom. The maximum Gasteiger partial charge on any atom is 0.0245 e. The zero-order valence-electron chi connectivity index (χ0n) is 6.31. The van der Waals surface area contributed by atoms with E-state index in [-0.39, 0.29) is 7.43 Å². The van der Waals surface area contributed by atoms with Gasteiger partial charge in [0.2, 0.25) is 0 Å². The molecule has 0 aromatic heterocycles. The molecule has 58 valence electrons. The lowest BCUT2D eigenvalue weighted by atomic mass is 10.2. The van der Waals surface area contributed by atoms with Crippen LogP contribution in [0.25, 0.3) is 0 Å². The summed E-state index contributed by atoms with van der Waals surface area (Å²) < 4.78 is 0. The molecule has 11 heavy (non-hydrogen) atoms. The molecule has 0 N–H and O–H groups in total. The fourth-order valence-electron chi connectivity index (χ4n) is 0.781. The van der Waals surface area contributed by atoms with E-state index in [1.807, 2.05) is 19.1 Å². The maximum absolute atomic E-state index is 2.98. The van der Waals surface area contributed by atoms with Gasteiger partial charge in [0.25, 0.3) is 0 Å². The largest absolute Gasteiger partial charge is 0.101 e. The van der Waals surface area contributed by atoms with Gasteiger partial charge in [0.05, 0.1) is 0 Å². The fourth-order valence-corrected chi connectivity index (χ4v) is 0.781. The van der Waals surface area contributed by atoms with Crippen molar-refractivity contribution in [1.29, 1.82) is 0 Å². The van der Waals surface area contributed by atoms with Gasteiger partial charge in [-0.3, -0.25) is 0 Å². The molecule has 0 aliphatic carbocycles. The zero-order valence-corrected chi connectivity index (χ0v) is 6.31. The fraction of sp³-hybridized carbons (Fsp3) is 0.273. The van der Waals surface area contributed by atoms with Crippen LogP contribution in [0.4, 0.5) is 0 Å². The van der Waals surface area contributed by atoms with Crippen molar-refractivity contribution < 1.29 is 0 Å². The minimum Gasteiger partial charge on any atom is -0.101 e. The highest BCUT2D eigenvalue weighted by atomic mass is 13.9. The minimum atomic E-state index is 0. The Balaban J connectivity index is 0.000001000. The maximum atomic E-state index is 2.98. The third-order valence-electron chi connectivity index (χ3n) is 1.32. The third-order valence-corrected chi connectivity index (χ3v) is 1.32. The van der Waals surface area contributed by atoms with Crippen LogP contribution in [-0.2, 0) is 0 Å². The van der Waals surface area contributed by atoms with Crippen molar-refractivity contribution in [1.82, 2.24) is 0 Å². The standard InChI is InChI=1S/C10H10.CH4/c1-3-4-10-7-5-9(2)6-8-10;/h5-8H,1-2H3;1H4. The second-order valence-electron chi connectivity index (χ2n) is 2.24. The summed E-state index contributed by atoms with van der Waals surface area (Å²) in [4.78, 5) is 0. The number of benzene rings is 1. The molecule has 0 fully saturated rings. The lowest BCUT2D eigenvalue weighted by Gasteiger charge is -1.90. The first kappa shape index (κ1) is 9.78. The van der Waals surface area contributed by atoms with Gasteiger partial charge in [-0.05, 0) is 26.0 Å². The Kier molecular flexibility index (Phi) is 4.07. The molecule has 0 radical (unpaired) electrons. The summed E-state index contributed by atoms with van der Waals surface area (Å²) in [6.45, 7) is 3.92. The molecule has 0 nitrogen and oxygen atoms in total. The van der Waals surface area contributed by atoms with E-state index >= 15 is 0 Å². The molecule has 1 aromatic rings. The van der Waals surface area contributed by atoms with Crippen molar-refractivity contribution >= 4 is 0 Å². The molecule has 0 unspecified atom stereocenters. The van der Waals surface area contributed by atoms with E-state index in [4.69, 9.17) is 0 Å². The number of hydrogen-bond donors (Lipinski definition) is 0. The first-order chi connectivity index (χ1) is 4.83. The second kappa shape index (κ2) is 4.57. The van der Waals surface area contributed by atoms with Crippen molar-refractivity contribution in [3.05, 3.63) is 35.4 Å². The SMILES string of the molecule is C.CC#Cc1ccc(C)cc1. The number of hydrogen-bond acceptors (Lipinski definition) is 0. The number of rotatable bonds is 0. The summed E-state index contributed by atoms with van der Waals surface area (Å²) in [5.74, 6) is 5.84. The Labute approximate surface area is 69.3 Å². The smallest absolute Gasteiger partial charge is 0.0245 e. The van der Waals surface area contributed by atoms with E-state index in [0.29, 0.717) is 0 Å². The highest BCUT2D eigenvalue weighted by Gasteiger charge is 1.83. The van der Waals surface area contributed by atoms with Crippen LogP contribution in [0.2, 0.25) is 0 Å². The highest BCUT2D eigenvalue weighted by molar-refractivity contribution is 5.35. The van der Waals surface area contributed by atoms with E-state index in [1.165, 1.54) is 5.56 Å². The normalized spacial score (nSPS) is 7.45. The molecule has 0 atom stereocenters. The van der Waals surface area contributed by atoms with Crippen LogP contribution in [0.5, 0.6) is 0 Å². The predicted molar refractivity (Wildman–Crippen MR) is 50.5 cm³/mol. The van der Waals surface area contributed by atoms with E-state index < -0.39 is 0 Å². The molecular formula is C11H14. The van der Waals surface area contributed by atoms with Crippen LogP contribution in [0.3, 0.4) is 0 Å². The lowest BCUT2D eigenvalue weighted by molar-refractivity contribution is 1.46. The summed E-state index contributed by atoms with van der Waals surface area (Å²) in [5, 5.41) is 0. The van der Waals surface area contributed by atoms with Crippen LogP contribution < -0.4 is 0 Å². The van der Waals surface area contributed by atoms with Crippen molar-refractivity contribution in [2.75, 3.05) is 0 Å². The first-order valence-corrected chi connectivity index (χ1v) is 3.32. The van der Waals surface area contributed by atoms with E-state index in [1.54, 1.807) is 0 Å². The molecule has 0 aliphatic rings. The third kappa shape index (κ3) is 2.91. The van der Waals surface area contributed by atoms with Crippen molar-refractivity contribution in [3.8, 4) is 11.8 Å². The molecule has 1 rings (SSSR count). The highest BCUT2D eigenvalue weighted by Crippen LogP contribution is 2.00. The van der Waals surface area contributed by atoms with Gasteiger partial charge in [0.15, 0.2) is 0 Å². The van der Waals surface area contributed by atoms with Gasteiger partial charge < -0.3 is 0 Å². The molecule has 0 saturated carbocycles. The van der Waals surface area contributed by atoms with Gasteiger partial charge in [-0.1, -0.05) is 31.0 Å². The van der Waals surface area contributed by atoms with Gasteiger partial charge in [0.1, 0.15) is 0 Å². The monoisotopic (exact) mass is 146 g/mol. The number of aryl methyl sites for hydroxylation is 1. The summed E-state index contributed by atoms with van der Waals surface area (Å²) in [6.07, 6.45) is 0. The molecule has 0 bridgehead atoms.